The lowest BCUT2D eigenvalue weighted by Gasteiger charge is -2.11. The first-order valence-electron chi connectivity index (χ1n) is 7.26. The van der Waals surface area contributed by atoms with Gasteiger partial charge in [0.1, 0.15) is 5.69 Å². The highest BCUT2D eigenvalue weighted by atomic mass is 16.3. The third-order valence-corrected chi connectivity index (χ3v) is 3.28. The van der Waals surface area contributed by atoms with E-state index in [4.69, 9.17) is 4.42 Å². The van der Waals surface area contributed by atoms with Gasteiger partial charge in [-0.25, -0.2) is 0 Å². The molecule has 23 heavy (non-hydrogen) atoms. The zero-order chi connectivity index (χ0) is 16.2. The largest absolute Gasteiger partial charge is 0.463 e. The van der Waals surface area contributed by atoms with E-state index in [2.05, 4.69) is 20.4 Å². The molecular formula is C17H18N4O2. The van der Waals surface area contributed by atoms with Crippen LogP contribution in [0.3, 0.4) is 0 Å². The van der Waals surface area contributed by atoms with Gasteiger partial charge in [-0.2, -0.15) is 5.10 Å². The van der Waals surface area contributed by atoms with Crippen molar-refractivity contribution >= 4 is 11.6 Å². The molecule has 3 rings (SSSR count). The number of carbonyl (C=O) groups is 1. The Morgan fingerprint density at radius 2 is 2.13 bits per heavy atom. The van der Waals surface area contributed by atoms with Crippen molar-refractivity contribution < 1.29 is 9.21 Å². The summed E-state index contributed by atoms with van der Waals surface area (Å²) in [5.74, 6) is 0.380. The molecule has 6 heteroatoms. The number of H-pyrrole nitrogens is 1. The number of hydrogen-bond donors (Lipinski definition) is 2. The Labute approximate surface area is 134 Å². The van der Waals surface area contributed by atoms with Gasteiger partial charge in [-0.15, -0.1) is 0 Å². The molecule has 0 aliphatic heterocycles. The Hall–Kier alpha value is -2.86. The number of benzene rings is 1. The van der Waals surface area contributed by atoms with Gasteiger partial charge in [0.15, 0.2) is 11.5 Å². The summed E-state index contributed by atoms with van der Waals surface area (Å²) in [4.78, 5) is 14.4. The summed E-state index contributed by atoms with van der Waals surface area (Å²) >= 11 is 0. The summed E-state index contributed by atoms with van der Waals surface area (Å²) in [6.07, 6.45) is 1.58. The number of furan rings is 1. The second-order valence-electron chi connectivity index (χ2n) is 5.54. The van der Waals surface area contributed by atoms with Crippen LogP contribution in [0, 0.1) is 0 Å². The number of aromatic nitrogens is 2. The van der Waals surface area contributed by atoms with Gasteiger partial charge in [0.2, 0.25) is 0 Å². The quantitative estimate of drug-likeness (QED) is 0.760. The van der Waals surface area contributed by atoms with E-state index in [1.807, 2.05) is 38.4 Å². The lowest BCUT2D eigenvalue weighted by molar-refractivity contribution is 0.102. The topological polar surface area (TPSA) is 74.2 Å². The van der Waals surface area contributed by atoms with E-state index in [1.165, 1.54) is 0 Å². The summed E-state index contributed by atoms with van der Waals surface area (Å²) < 4.78 is 5.28. The van der Waals surface area contributed by atoms with Crippen molar-refractivity contribution in [2.45, 2.75) is 6.54 Å². The first kappa shape index (κ1) is 15.1. The molecule has 0 saturated heterocycles. The molecule has 0 saturated carbocycles. The fourth-order valence-electron chi connectivity index (χ4n) is 2.30. The van der Waals surface area contributed by atoms with E-state index in [-0.39, 0.29) is 5.91 Å². The molecule has 6 nitrogen and oxygen atoms in total. The number of hydrogen-bond acceptors (Lipinski definition) is 4. The Morgan fingerprint density at radius 3 is 2.87 bits per heavy atom. The van der Waals surface area contributed by atoms with Crippen LogP contribution in [0.2, 0.25) is 0 Å². The monoisotopic (exact) mass is 310 g/mol. The Bertz CT molecular complexity index is 791. The van der Waals surface area contributed by atoms with Gasteiger partial charge in [0.25, 0.3) is 5.91 Å². The van der Waals surface area contributed by atoms with Crippen LogP contribution in [0.15, 0.2) is 53.1 Å². The van der Waals surface area contributed by atoms with E-state index in [9.17, 15) is 4.79 Å². The van der Waals surface area contributed by atoms with Crippen molar-refractivity contribution in [2.75, 3.05) is 19.4 Å². The van der Waals surface area contributed by atoms with Crippen molar-refractivity contribution in [1.82, 2.24) is 15.1 Å². The molecule has 0 aliphatic carbocycles. The SMILES string of the molecule is CN(C)Cc1cccc(NC(=O)c2cc(-c3ccco3)[nH]n2)c1. The fourth-order valence-corrected chi connectivity index (χ4v) is 2.30. The molecular weight excluding hydrogens is 292 g/mol. The molecule has 0 spiro atoms. The number of nitrogens with one attached hydrogen (secondary N) is 2. The molecule has 3 aromatic rings. The van der Waals surface area contributed by atoms with Gasteiger partial charge in [-0.3, -0.25) is 9.89 Å². The number of nitrogens with zero attached hydrogens (tertiary/aromatic N) is 2. The van der Waals surface area contributed by atoms with Crippen molar-refractivity contribution in [1.29, 1.82) is 0 Å². The highest BCUT2D eigenvalue weighted by Crippen LogP contribution is 2.19. The van der Waals surface area contributed by atoms with E-state index >= 15 is 0 Å². The van der Waals surface area contributed by atoms with Crippen LogP contribution in [0.1, 0.15) is 16.1 Å². The Morgan fingerprint density at radius 1 is 1.26 bits per heavy atom. The average Bonchev–Trinajstić information content (AvgIpc) is 3.18. The maximum absolute atomic E-state index is 12.3. The van der Waals surface area contributed by atoms with Crippen molar-refractivity contribution in [3.63, 3.8) is 0 Å². The molecule has 0 aliphatic rings. The minimum atomic E-state index is -0.263. The maximum Gasteiger partial charge on any atom is 0.276 e. The normalized spacial score (nSPS) is 10.9. The molecule has 2 N–H and O–H groups in total. The number of amides is 1. The number of anilines is 1. The first-order valence-corrected chi connectivity index (χ1v) is 7.26. The molecule has 118 valence electrons. The predicted octanol–water partition coefficient (Wildman–Crippen LogP) is 2.98. The van der Waals surface area contributed by atoms with Crippen LogP contribution in [0.4, 0.5) is 5.69 Å². The lowest BCUT2D eigenvalue weighted by atomic mass is 10.2. The minimum absolute atomic E-state index is 0.263. The molecule has 2 heterocycles. The van der Waals surface area contributed by atoms with E-state index < -0.39 is 0 Å². The summed E-state index contributed by atoms with van der Waals surface area (Å²) in [6, 6.07) is 13.0. The third-order valence-electron chi connectivity index (χ3n) is 3.28. The van der Waals surface area contributed by atoms with Crippen LogP contribution in [-0.2, 0) is 6.54 Å². The van der Waals surface area contributed by atoms with Crippen LogP contribution in [-0.4, -0.2) is 35.1 Å². The lowest BCUT2D eigenvalue weighted by Crippen LogP contribution is -2.14. The fraction of sp³-hybridized carbons (Fsp3) is 0.176. The zero-order valence-corrected chi connectivity index (χ0v) is 13.0. The highest BCUT2D eigenvalue weighted by Gasteiger charge is 2.13. The van der Waals surface area contributed by atoms with Gasteiger partial charge in [-0.1, -0.05) is 12.1 Å². The summed E-state index contributed by atoms with van der Waals surface area (Å²) in [6.45, 7) is 0.814. The van der Waals surface area contributed by atoms with Crippen LogP contribution >= 0.6 is 0 Å². The zero-order valence-electron chi connectivity index (χ0n) is 13.0. The van der Waals surface area contributed by atoms with Crippen molar-refractivity contribution in [3.8, 4) is 11.5 Å². The Kier molecular flexibility index (Phi) is 4.25. The van der Waals surface area contributed by atoms with Crippen LogP contribution in [0.25, 0.3) is 11.5 Å². The molecule has 1 aromatic carbocycles. The van der Waals surface area contributed by atoms with E-state index in [0.717, 1.165) is 17.8 Å². The summed E-state index contributed by atoms with van der Waals surface area (Å²) in [5.41, 5.74) is 2.86. The van der Waals surface area contributed by atoms with Crippen molar-refractivity contribution in [2.24, 2.45) is 0 Å². The van der Waals surface area contributed by atoms with Crippen LogP contribution < -0.4 is 5.32 Å². The third kappa shape index (κ3) is 3.67. The van der Waals surface area contributed by atoms with Gasteiger partial charge in [-0.05, 0) is 43.9 Å². The molecule has 0 fully saturated rings. The first-order chi connectivity index (χ1) is 11.1. The second-order valence-corrected chi connectivity index (χ2v) is 5.54. The molecule has 1 amide bonds. The number of carbonyl (C=O) groups excluding carboxylic acids is 1. The van der Waals surface area contributed by atoms with Gasteiger partial charge in [0.05, 0.1) is 6.26 Å². The maximum atomic E-state index is 12.3. The van der Waals surface area contributed by atoms with Crippen molar-refractivity contribution in [3.05, 3.63) is 60.0 Å². The highest BCUT2D eigenvalue weighted by molar-refractivity contribution is 6.03. The predicted molar refractivity (Wildman–Crippen MR) is 88.1 cm³/mol. The molecule has 0 bridgehead atoms. The van der Waals surface area contributed by atoms with Gasteiger partial charge < -0.3 is 14.6 Å². The minimum Gasteiger partial charge on any atom is -0.463 e. The number of rotatable bonds is 5. The standard InChI is InChI=1S/C17H18N4O2/c1-21(2)11-12-5-3-6-13(9-12)18-17(22)15-10-14(19-20-15)16-7-4-8-23-16/h3-10H,11H2,1-2H3,(H,18,22)(H,19,20). The smallest absolute Gasteiger partial charge is 0.276 e. The Balaban J connectivity index is 1.72. The second kappa shape index (κ2) is 6.50. The molecule has 2 aromatic heterocycles. The molecule has 0 atom stereocenters. The average molecular weight is 310 g/mol. The van der Waals surface area contributed by atoms with E-state index in [1.54, 1.807) is 24.5 Å². The molecule has 0 radical (unpaired) electrons. The molecule has 0 unspecified atom stereocenters. The van der Waals surface area contributed by atoms with Gasteiger partial charge >= 0.3 is 0 Å². The van der Waals surface area contributed by atoms with E-state index in [0.29, 0.717) is 17.1 Å². The summed E-state index contributed by atoms with van der Waals surface area (Å²) in [7, 11) is 4.01. The van der Waals surface area contributed by atoms with Crippen LogP contribution in [0.5, 0.6) is 0 Å². The number of aromatic amines is 1. The van der Waals surface area contributed by atoms with Gasteiger partial charge in [0, 0.05) is 18.3 Å². The summed E-state index contributed by atoms with van der Waals surface area (Å²) in [5, 5.41) is 9.69.